The van der Waals surface area contributed by atoms with Crippen molar-refractivity contribution in [1.29, 1.82) is 0 Å². The minimum atomic E-state index is -0.304. The molecule has 0 saturated carbocycles. The Kier molecular flexibility index (Phi) is 7.02. The number of rotatable bonds is 6. The fourth-order valence-electron chi connectivity index (χ4n) is 3.30. The van der Waals surface area contributed by atoms with Crippen LogP contribution in [0.15, 0.2) is 40.8 Å². The molecule has 4 nitrogen and oxygen atoms in total. The lowest BCUT2D eigenvalue weighted by molar-refractivity contribution is -0.131. The monoisotopic (exact) mass is 366 g/mol. The van der Waals surface area contributed by atoms with Crippen molar-refractivity contribution in [2.24, 2.45) is 0 Å². The first-order valence-corrected chi connectivity index (χ1v) is 8.46. The molecule has 1 aliphatic rings. The number of nitrogens with zero attached hydrogens (tertiary/aromatic N) is 1. The minimum Gasteiger partial charge on any atom is -0.461 e. The molecule has 25 heavy (non-hydrogen) atoms. The summed E-state index contributed by atoms with van der Waals surface area (Å²) in [5.41, 5.74) is 0.448. The van der Waals surface area contributed by atoms with Crippen LogP contribution in [0.1, 0.15) is 25.0 Å². The first kappa shape index (κ1) is 19.5. The lowest BCUT2D eigenvalue weighted by atomic mass is 10.1. The van der Waals surface area contributed by atoms with Gasteiger partial charge in [-0.2, -0.15) is 0 Å². The van der Waals surface area contributed by atoms with Gasteiger partial charge in [-0.05, 0) is 44.2 Å². The maximum absolute atomic E-state index is 13.8. The predicted molar refractivity (Wildman–Crippen MR) is 98.3 cm³/mol. The number of halogens is 2. The summed E-state index contributed by atoms with van der Waals surface area (Å²) in [5.74, 6) is 1.08. The van der Waals surface area contributed by atoms with Crippen LogP contribution in [0.25, 0.3) is 11.3 Å². The van der Waals surface area contributed by atoms with Crippen molar-refractivity contribution in [2.45, 2.75) is 31.7 Å². The van der Waals surface area contributed by atoms with E-state index in [1.54, 1.807) is 24.3 Å². The molecule has 136 valence electrons. The number of hydrogen-bond acceptors (Lipinski definition) is 3. The van der Waals surface area contributed by atoms with Crippen molar-refractivity contribution in [3.05, 3.63) is 48.0 Å². The van der Waals surface area contributed by atoms with Gasteiger partial charge in [0.25, 0.3) is 0 Å². The van der Waals surface area contributed by atoms with E-state index in [0.717, 1.165) is 25.9 Å². The van der Waals surface area contributed by atoms with Gasteiger partial charge in [0, 0.05) is 32.0 Å². The largest absolute Gasteiger partial charge is 0.461 e. The topological polar surface area (TPSA) is 45.5 Å². The SMILES string of the molecule is CNCC1CCCN1C(=O)CCc1ccc(-c2ccccc2F)o1.Cl. The number of hydrogen-bond donors (Lipinski definition) is 1. The van der Waals surface area contributed by atoms with E-state index < -0.39 is 0 Å². The van der Waals surface area contributed by atoms with Gasteiger partial charge in [-0.25, -0.2) is 4.39 Å². The quantitative estimate of drug-likeness (QED) is 0.848. The highest BCUT2D eigenvalue weighted by molar-refractivity contribution is 5.85. The summed E-state index contributed by atoms with van der Waals surface area (Å²) >= 11 is 0. The number of benzene rings is 1. The number of carbonyl (C=O) groups excluding carboxylic acids is 1. The van der Waals surface area contributed by atoms with Gasteiger partial charge >= 0.3 is 0 Å². The molecule has 2 heterocycles. The molecule has 6 heteroatoms. The zero-order valence-electron chi connectivity index (χ0n) is 14.3. The van der Waals surface area contributed by atoms with E-state index in [4.69, 9.17) is 4.42 Å². The maximum Gasteiger partial charge on any atom is 0.223 e. The number of aryl methyl sites for hydroxylation is 1. The highest BCUT2D eigenvalue weighted by atomic mass is 35.5. The Hall–Kier alpha value is -1.85. The van der Waals surface area contributed by atoms with Gasteiger partial charge in [-0.3, -0.25) is 4.79 Å². The van der Waals surface area contributed by atoms with Crippen LogP contribution in [0.2, 0.25) is 0 Å². The molecule has 0 aliphatic carbocycles. The first-order valence-electron chi connectivity index (χ1n) is 8.46. The molecule has 1 atom stereocenters. The Balaban J connectivity index is 0.00000225. The Morgan fingerprint density at radius 3 is 2.88 bits per heavy atom. The molecule has 1 saturated heterocycles. The van der Waals surface area contributed by atoms with Crippen molar-refractivity contribution in [3.63, 3.8) is 0 Å². The highest BCUT2D eigenvalue weighted by Gasteiger charge is 2.27. The molecule has 1 unspecified atom stereocenters. The summed E-state index contributed by atoms with van der Waals surface area (Å²) in [7, 11) is 1.91. The van der Waals surface area contributed by atoms with E-state index >= 15 is 0 Å². The van der Waals surface area contributed by atoms with Crippen LogP contribution < -0.4 is 5.32 Å². The van der Waals surface area contributed by atoms with Crippen LogP contribution >= 0.6 is 12.4 Å². The fraction of sp³-hybridized carbons (Fsp3) is 0.421. The molecule has 3 rings (SSSR count). The van der Waals surface area contributed by atoms with Gasteiger partial charge in [0.15, 0.2) is 0 Å². The standard InChI is InChI=1S/C19H23FN2O2.ClH/c1-21-13-14-5-4-12-22(14)19(23)11-9-15-8-10-18(24-15)16-6-2-3-7-17(16)20;/h2-3,6-8,10,14,21H,4-5,9,11-13H2,1H3;1H. The molecular formula is C19H24ClFN2O2. The number of likely N-dealkylation sites (N-methyl/N-ethyl adjacent to an activating group) is 1. The van der Waals surface area contributed by atoms with Crippen molar-refractivity contribution < 1.29 is 13.6 Å². The molecule has 1 aromatic heterocycles. The summed E-state index contributed by atoms with van der Waals surface area (Å²) in [5, 5.41) is 3.15. The lowest BCUT2D eigenvalue weighted by Crippen LogP contribution is -2.40. The number of likely N-dealkylation sites (tertiary alicyclic amines) is 1. The van der Waals surface area contributed by atoms with Crippen molar-refractivity contribution in [1.82, 2.24) is 10.2 Å². The zero-order valence-corrected chi connectivity index (χ0v) is 15.2. The van der Waals surface area contributed by atoms with Crippen LogP contribution in [-0.4, -0.2) is 37.0 Å². The molecular weight excluding hydrogens is 343 g/mol. The number of furan rings is 1. The van der Waals surface area contributed by atoms with Gasteiger partial charge in [0.2, 0.25) is 5.91 Å². The van der Waals surface area contributed by atoms with Crippen molar-refractivity contribution in [3.8, 4) is 11.3 Å². The Labute approximate surface area is 153 Å². The molecule has 0 radical (unpaired) electrons. The van der Waals surface area contributed by atoms with Crippen LogP contribution in [0.4, 0.5) is 4.39 Å². The molecule has 2 aromatic rings. The van der Waals surface area contributed by atoms with Crippen LogP contribution in [-0.2, 0) is 11.2 Å². The number of amides is 1. The third-order valence-electron chi connectivity index (χ3n) is 4.52. The van der Waals surface area contributed by atoms with Gasteiger partial charge in [-0.15, -0.1) is 12.4 Å². The zero-order chi connectivity index (χ0) is 16.9. The van der Waals surface area contributed by atoms with Crippen LogP contribution in [0.5, 0.6) is 0 Å². The molecule has 1 aromatic carbocycles. The van der Waals surface area contributed by atoms with Gasteiger partial charge in [0.05, 0.1) is 5.56 Å². The summed E-state index contributed by atoms with van der Waals surface area (Å²) in [6.45, 7) is 1.67. The average Bonchev–Trinajstić information content (AvgIpc) is 3.23. The Morgan fingerprint density at radius 1 is 1.32 bits per heavy atom. The third kappa shape index (κ3) is 4.61. The number of nitrogens with one attached hydrogen (secondary N) is 1. The van der Waals surface area contributed by atoms with Gasteiger partial charge in [-0.1, -0.05) is 12.1 Å². The normalized spacial score (nSPS) is 16.7. The smallest absolute Gasteiger partial charge is 0.223 e. The second kappa shape index (κ2) is 9.02. The minimum absolute atomic E-state index is 0. The van der Waals surface area contributed by atoms with Crippen LogP contribution in [0.3, 0.4) is 0 Å². The summed E-state index contributed by atoms with van der Waals surface area (Å²) in [6.07, 6.45) is 3.08. The molecule has 1 amide bonds. The third-order valence-corrected chi connectivity index (χ3v) is 4.52. The average molecular weight is 367 g/mol. The van der Waals surface area contributed by atoms with E-state index in [9.17, 15) is 9.18 Å². The Morgan fingerprint density at radius 2 is 2.12 bits per heavy atom. The molecule has 0 spiro atoms. The van der Waals surface area contributed by atoms with Crippen LogP contribution in [0, 0.1) is 5.82 Å². The van der Waals surface area contributed by atoms with E-state index in [-0.39, 0.29) is 24.1 Å². The summed E-state index contributed by atoms with van der Waals surface area (Å²) in [4.78, 5) is 14.4. The Bertz CT molecular complexity index is 704. The fourth-order valence-corrected chi connectivity index (χ4v) is 3.30. The van der Waals surface area contributed by atoms with E-state index in [1.807, 2.05) is 18.0 Å². The maximum atomic E-state index is 13.8. The van der Waals surface area contributed by atoms with E-state index in [1.165, 1.54) is 6.07 Å². The molecule has 0 bridgehead atoms. The van der Waals surface area contributed by atoms with Crippen molar-refractivity contribution in [2.75, 3.05) is 20.1 Å². The molecule has 1 aliphatic heterocycles. The van der Waals surface area contributed by atoms with E-state index in [2.05, 4.69) is 5.32 Å². The van der Waals surface area contributed by atoms with Gasteiger partial charge < -0.3 is 14.6 Å². The second-order valence-corrected chi connectivity index (χ2v) is 6.19. The molecule has 1 N–H and O–H groups in total. The second-order valence-electron chi connectivity index (χ2n) is 6.19. The first-order chi connectivity index (χ1) is 11.7. The summed E-state index contributed by atoms with van der Waals surface area (Å²) < 4.78 is 19.5. The predicted octanol–water partition coefficient (Wildman–Crippen LogP) is 3.65. The molecule has 1 fully saturated rings. The number of carbonyl (C=O) groups is 1. The van der Waals surface area contributed by atoms with Crippen molar-refractivity contribution >= 4 is 18.3 Å². The van der Waals surface area contributed by atoms with Gasteiger partial charge in [0.1, 0.15) is 17.3 Å². The van der Waals surface area contributed by atoms with E-state index in [0.29, 0.717) is 36.0 Å². The lowest BCUT2D eigenvalue weighted by Gasteiger charge is -2.24. The summed E-state index contributed by atoms with van der Waals surface area (Å²) in [6, 6.07) is 10.4. The highest BCUT2D eigenvalue weighted by Crippen LogP contribution is 2.25.